The van der Waals surface area contributed by atoms with Crippen molar-refractivity contribution in [2.75, 3.05) is 6.54 Å². The van der Waals surface area contributed by atoms with Crippen molar-refractivity contribution in [1.82, 2.24) is 10.6 Å². The third-order valence-corrected chi connectivity index (χ3v) is 1.36. The van der Waals surface area contributed by atoms with E-state index in [2.05, 4.69) is 10.6 Å². The number of carbonyl (C=O) groups is 2. The zero-order valence-electron chi connectivity index (χ0n) is 7.81. The number of rotatable bonds is 4. The van der Waals surface area contributed by atoms with E-state index in [4.69, 9.17) is 0 Å². The number of hydrogen-bond acceptors (Lipinski definition) is 2. The molecule has 0 aliphatic rings. The average Bonchev–Trinajstić information content (AvgIpc) is 1.98. The van der Waals surface area contributed by atoms with Crippen LogP contribution in [-0.4, -0.2) is 24.4 Å². The Balaban J connectivity index is 3.69. The van der Waals surface area contributed by atoms with E-state index in [-0.39, 0.29) is 11.8 Å². The van der Waals surface area contributed by atoms with Gasteiger partial charge in [-0.3, -0.25) is 9.59 Å². The van der Waals surface area contributed by atoms with Crippen LogP contribution in [0.15, 0.2) is 0 Å². The number of hydrogen-bond donors (Lipinski definition) is 2. The van der Waals surface area contributed by atoms with Gasteiger partial charge in [-0.15, -0.1) is 0 Å². The van der Waals surface area contributed by atoms with Crippen LogP contribution in [0.4, 0.5) is 0 Å². The minimum Gasteiger partial charge on any atom is -0.354 e. The van der Waals surface area contributed by atoms with Gasteiger partial charge in [-0.1, -0.05) is 6.92 Å². The first-order chi connectivity index (χ1) is 5.57. The molecule has 1 atom stereocenters. The minimum absolute atomic E-state index is 0.132. The second kappa shape index (κ2) is 5.57. The molecule has 0 aromatic carbocycles. The Morgan fingerprint density at radius 1 is 1.42 bits per heavy atom. The van der Waals surface area contributed by atoms with Gasteiger partial charge in [0.05, 0.1) is 0 Å². The highest BCUT2D eigenvalue weighted by Gasteiger charge is 2.11. The van der Waals surface area contributed by atoms with Crippen molar-refractivity contribution in [3.63, 3.8) is 0 Å². The number of amides is 2. The zero-order chi connectivity index (χ0) is 9.56. The fraction of sp³-hybridized carbons (Fsp3) is 0.750. The van der Waals surface area contributed by atoms with Gasteiger partial charge in [0.25, 0.3) is 0 Å². The minimum atomic E-state index is -0.436. The molecule has 0 aliphatic heterocycles. The maximum absolute atomic E-state index is 11.1. The summed E-state index contributed by atoms with van der Waals surface area (Å²) in [5.41, 5.74) is 0. The van der Waals surface area contributed by atoms with E-state index in [1.54, 1.807) is 6.92 Å². The van der Waals surface area contributed by atoms with Crippen LogP contribution in [0, 0.1) is 0 Å². The Bertz CT molecular complexity index is 168. The molecular formula is C8H16N2O2. The second-order valence-electron chi connectivity index (χ2n) is 2.71. The first-order valence-electron chi connectivity index (χ1n) is 4.12. The van der Waals surface area contributed by atoms with Gasteiger partial charge in [0.2, 0.25) is 11.8 Å². The van der Waals surface area contributed by atoms with Crippen molar-refractivity contribution < 1.29 is 9.59 Å². The molecule has 4 heteroatoms. The van der Waals surface area contributed by atoms with Crippen molar-refractivity contribution in [2.24, 2.45) is 0 Å². The molecule has 0 heterocycles. The van der Waals surface area contributed by atoms with Crippen molar-refractivity contribution in [1.29, 1.82) is 0 Å². The van der Waals surface area contributed by atoms with Gasteiger partial charge < -0.3 is 10.6 Å². The van der Waals surface area contributed by atoms with E-state index in [9.17, 15) is 9.59 Å². The smallest absolute Gasteiger partial charge is 0.242 e. The predicted molar refractivity (Wildman–Crippen MR) is 46.6 cm³/mol. The molecule has 0 fully saturated rings. The van der Waals surface area contributed by atoms with Crippen LogP contribution in [0.3, 0.4) is 0 Å². The molecular weight excluding hydrogens is 156 g/mol. The maximum atomic E-state index is 11.1. The third-order valence-electron chi connectivity index (χ3n) is 1.36. The number of carbonyl (C=O) groups excluding carboxylic acids is 2. The van der Waals surface area contributed by atoms with Gasteiger partial charge in [-0.2, -0.15) is 0 Å². The van der Waals surface area contributed by atoms with Gasteiger partial charge in [0, 0.05) is 13.5 Å². The molecule has 0 aliphatic carbocycles. The Morgan fingerprint density at radius 2 is 2.00 bits per heavy atom. The van der Waals surface area contributed by atoms with Crippen molar-refractivity contribution in [2.45, 2.75) is 33.2 Å². The second-order valence-corrected chi connectivity index (χ2v) is 2.71. The summed E-state index contributed by atoms with van der Waals surface area (Å²) in [5.74, 6) is -0.318. The molecule has 1 unspecified atom stereocenters. The van der Waals surface area contributed by atoms with Crippen LogP contribution in [-0.2, 0) is 9.59 Å². The third kappa shape index (κ3) is 4.71. The molecule has 0 bridgehead atoms. The van der Waals surface area contributed by atoms with Crippen LogP contribution in [0.2, 0.25) is 0 Å². The van der Waals surface area contributed by atoms with Crippen LogP contribution < -0.4 is 10.6 Å². The van der Waals surface area contributed by atoms with Gasteiger partial charge in [0.15, 0.2) is 0 Å². The fourth-order valence-corrected chi connectivity index (χ4v) is 0.772. The lowest BCUT2D eigenvalue weighted by Gasteiger charge is -2.11. The fourth-order valence-electron chi connectivity index (χ4n) is 0.772. The zero-order valence-corrected chi connectivity index (χ0v) is 7.81. The molecule has 0 saturated carbocycles. The van der Waals surface area contributed by atoms with E-state index in [0.717, 1.165) is 6.42 Å². The van der Waals surface area contributed by atoms with Gasteiger partial charge in [0.1, 0.15) is 6.04 Å². The normalized spacial score (nSPS) is 11.9. The maximum Gasteiger partial charge on any atom is 0.242 e. The van der Waals surface area contributed by atoms with E-state index in [1.807, 2.05) is 6.92 Å². The first-order valence-corrected chi connectivity index (χ1v) is 4.12. The molecule has 0 spiro atoms. The molecule has 0 rings (SSSR count). The highest BCUT2D eigenvalue weighted by molar-refractivity contribution is 5.86. The topological polar surface area (TPSA) is 58.2 Å². The molecule has 4 nitrogen and oxygen atoms in total. The predicted octanol–water partition coefficient (Wildman–Crippen LogP) is 0.0372. The Kier molecular flexibility index (Phi) is 5.08. The SMILES string of the molecule is CCCNC(=O)C(C)NC(C)=O. The van der Waals surface area contributed by atoms with Gasteiger partial charge >= 0.3 is 0 Å². The first kappa shape index (κ1) is 10.9. The molecule has 0 radical (unpaired) electrons. The van der Waals surface area contributed by atoms with Crippen molar-refractivity contribution >= 4 is 11.8 Å². The van der Waals surface area contributed by atoms with E-state index in [1.165, 1.54) is 6.92 Å². The highest BCUT2D eigenvalue weighted by atomic mass is 16.2. The van der Waals surface area contributed by atoms with Crippen LogP contribution in [0.1, 0.15) is 27.2 Å². The molecule has 70 valence electrons. The summed E-state index contributed by atoms with van der Waals surface area (Å²) < 4.78 is 0. The van der Waals surface area contributed by atoms with Gasteiger partial charge in [-0.25, -0.2) is 0 Å². The molecule has 2 amide bonds. The Morgan fingerprint density at radius 3 is 2.42 bits per heavy atom. The van der Waals surface area contributed by atoms with E-state index >= 15 is 0 Å². The average molecular weight is 172 g/mol. The molecule has 0 aromatic rings. The van der Waals surface area contributed by atoms with Crippen molar-refractivity contribution in [3.8, 4) is 0 Å². The van der Waals surface area contributed by atoms with E-state index < -0.39 is 6.04 Å². The highest BCUT2D eigenvalue weighted by Crippen LogP contribution is 1.82. The van der Waals surface area contributed by atoms with Gasteiger partial charge in [-0.05, 0) is 13.3 Å². The van der Waals surface area contributed by atoms with Crippen molar-refractivity contribution in [3.05, 3.63) is 0 Å². The molecule has 2 N–H and O–H groups in total. The summed E-state index contributed by atoms with van der Waals surface area (Å²) in [5, 5.41) is 5.18. The summed E-state index contributed by atoms with van der Waals surface area (Å²) in [6.07, 6.45) is 0.901. The summed E-state index contributed by atoms with van der Waals surface area (Å²) >= 11 is 0. The number of nitrogens with one attached hydrogen (secondary N) is 2. The lowest BCUT2D eigenvalue weighted by atomic mass is 10.3. The lowest BCUT2D eigenvalue weighted by Crippen LogP contribution is -2.44. The molecule has 0 aromatic heterocycles. The Labute approximate surface area is 72.7 Å². The Hall–Kier alpha value is -1.06. The summed E-state index contributed by atoms with van der Waals surface area (Å²) in [6, 6.07) is -0.436. The monoisotopic (exact) mass is 172 g/mol. The largest absolute Gasteiger partial charge is 0.354 e. The molecule has 0 saturated heterocycles. The van der Waals surface area contributed by atoms with Crippen LogP contribution in [0.5, 0.6) is 0 Å². The quantitative estimate of drug-likeness (QED) is 0.629. The summed E-state index contributed by atoms with van der Waals surface area (Å²) in [6.45, 7) is 5.68. The summed E-state index contributed by atoms with van der Waals surface area (Å²) in [4.78, 5) is 21.7. The molecule has 12 heavy (non-hydrogen) atoms. The lowest BCUT2D eigenvalue weighted by molar-refractivity contribution is -0.127. The van der Waals surface area contributed by atoms with E-state index in [0.29, 0.717) is 6.54 Å². The summed E-state index contributed by atoms with van der Waals surface area (Å²) in [7, 11) is 0. The standard InChI is InChI=1S/C8H16N2O2/c1-4-5-9-8(12)6(2)10-7(3)11/h6H,4-5H2,1-3H3,(H,9,12)(H,10,11). The van der Waals surface area contributed by atoms with Crippen LogP contribution >= 0.6 is 0 Å². The van der Waals surface area contributed by atoms with Crippen LogP contribution in [0.25, 0.3) is 0 Å².